The van der Waals surface area contributed by atoms with E-state index >= 15 is 0 Å². The van der Waals surface area contributed by atoms with Crippen molar-refractivity contribution in [1.29, 1.82) is 0 Å². The van der Waals surface area contributed by atoms with E-state index in [1.165, 1.54) is 18.5 Å². The average Bonchev–Trinajstić information content (AvgIpc) is 2.71. The molecule has 1 nitrogen and oxygen atoms in total. The van der Waals surface area contributed by atoms with Crippen molar-refractivity contribution < 1.29 is 0 Å². The molecule has 13 heavy (non-hydrogen) atoms. The van der Waals surface area contributed by atoms with Crippen LogP contribution < -0.4 is 5.32 Å². The van der Waals surface area contributed by atoms with E-state index in [0.717, 1.165) is 5.92 Å². The summed E-state index contributed by atoms with van der Waals surface area (Å²) in [7, 11) is 0. The minimum Gasteiger partial charge on any atom is -0.309 e. The number of nitrogens with one attached hydrogen (secondary N) is 1. The molecule has 1 aliphatic carbocycles. The molecule has 0 radical (unpaired) electrons. The van der Waals surface area contributed by atoms with Crippen molar-refractivity contribution in [2.24, 2.45) is 11.3 Å². The zero-order valence-corrected chi connectivity index (χ0v) is 7.96. The molecule has 1 aliphatic heterocycles. The smallest absolute Gasteiger partial charge is 0.0377 e. The number of hydrogen-bond donors (Lipinski definition) is 1. The topological polar surface area (TPSA) is 12.0 Å². The fourth-order valence-corrected chi connectivity index (χ4v) is 2.77. The highest BCUT2D eigenvalue weighted by Crippen LogP contribution is 2.63. The van der Waals surface area contributed by atoms with Crippen molar-refractivity contribution >= 4 is 0 Å². The Hall–Kier alpha value is -0.820. The lowest BCUT2D eigenvalue weighted by atomic mass is 9.93. The van der Waals surface area contributed by atoms with Crippen LogP contribution in [0.5, 0.6) is 0 Å². The second kappa shape index (κ2) is 2.36. The van der Waals surface area contributed by atoms with Crippen LogP contribution in [-0.2, 0) is 0 Å². The standard InChI is InChI=1S/C12H15N/c1-12-7-10(12)8-13-11(12)9-5-3-2-4-6-9/h2-6,10-11,13H,7-8H2,1H3. The molecule has 0 aromatic heterocycles. The molecule has 0 spiro atoms. The SMILES string of the molecule is CC12CC1CNC2c1ccccc1. The molecule has 2 aliphatic rings. The maximum Gasteiger partial charge on any atom is 0.0377 e. The van der Waals surface area contributed by atoms with Crippen LogP contribution in [0.25, 0.3) is 0 Å². The normalized spacial score (nSPS) is 41.6. The largest absolute Gasteiger partial charge is 0.309 e. The third-order valence-electron chi connectivity index (χ3n) is 3.82. The second-order valence-corrected chi connectivity index (χ2v) is 4.66. The Kier molecular flexibility index (Phi) is 1.37. The Balaban J connectivity index is 1.94. The summed E-state index contributed by atoms with van der Waals surface area (Å²) < 4.78 is 0. The fourth-order valence-electron chi connectivity index (χ4n) is 2.77. The number of benzene rings is 1. The van der Waals surface area contributed by atoms with Crippen LogP contribution in [0.4, 0.5) is 0 Å². The van der Waals surface area contributed by atoms with Crippen LogP contribution in [0.1, 0.15) is 24.9 Å². The van der Waals surface area contributed by atoms with Gasteiger partial charge < -0.3 is 5.32 Å². The first-order valence-corrected chi connectivity index (χ1v) is 5.09. The van der Waals surface area contributed by atoms with E-state index in [0.29, 0.717) is 11.5 Å². The Morgan fingerprint density at radius 3 is 2.62 bits per heavy atom. The van der Waals surface area contributed by atoms with Gasteiger partial charge in [0.25, 0.3) is 0 Å². The van der Waals surface area contributed by atoms with E-state index in [2.05, 4.69) is 42.6 Å². The van der Waals surface area contributed by atoms with E-state index in [9.17, 15) is 0 Å². The zero-order chi connectivity index (χ0) is 8.89. The Labute approximate surface area is 79.2 Å². The summed E-state index contributed by atoms with van der Waals surface area (Å²) in [6.07, 6.45) is 1.42. The first kappa shape index (κ1) is 7.57. The summed E-state index contributed by atoms with van der Waals surface area (Å²) in [5.41, 5.74) is 2.03. The van der Waals surface area contributed by atoms with Gasteiger partial charge in [0, 0.05) is 6.04 Å². The van der Waals surface area contributed by atoms with Gasteiger partial charge in [-0.15, -0.1) is 0 Å². The van der Waals surface area contributed by atoms with Crippen molar-refractivity contribution in [3.05, 3.63) is 35.9 Å². The quantitative estimate of drug-likeness (QED) is 0.687. The summed E-state index contributed by atoms with van der Waals surface area (Å²) in [4.78, 5) is 0. The van der Waals surface area contributed by atoms with Crippen molar-refractivity contribution in [2.45, 2.75) is 19.4 Å². The van der Waals surface area contributed by atoms with E-state index in [1.54, 1.807) is 0 Å². The Bertz CT molecular complexity index is 317. The number of piperidine rings is 1. The molecule has 3 atom stereocenters. The Morgan fingerprint density at radius 1 is 1.31 bits per heavy atom. The van der Waals surface area contributed by atoms with Gasteiger partial charge in [-0.2, -0.15) is 0 Å². The molecule has 0 bridgehead atoms. The fraction of sp³-hybridized carbons (Fsp3) is 0.500. The summed E-state index contributed by atoms with van der Waals surface area (Å²) in [5.74, 6) is 0.942. The zero-order valence-electron chi connectivity index (χ0n) is 7.96. The number of rotatable bonds is 1. The Morgan fingerprint density at radius 2 is 2.08 bits per heavy atom. The van der Waals surface area contributed by atoms with E-state index in [-0.39, 0.29) is 0 Å². The minimum absolute atomic E-state index is 0.571. The lowest BCUT2D eigenvalue weighted by molar-refractivity contribution is 0.430. The van der Waals surface area contributed by atoms with Crippen LogP contribution in [0.3, 0.4) is 0 Å². The molecule has 2 fully saturated rings. The molecule has 3 rings (SSSR count). The first-order valence-electron chi connectivity index (χ1n) is 5.09. The highest BCUT2D eigenvalue weighted by atomic mass is 15.0. The number of fused-ring (bicyclic) bond motifs is 1. The summed E-state index contributed by atoms with van der Waals surface area (Å²) in [5, 5.41) is 3.61. The average molecular weight is 173 g/mol. The van der Waals surface area contributed by atoms with Gasteiger partial charge in [-0.05, 0) is 29.9 Å². The van der Waals surface area contributed by atoms with E-state index in [4.69, 9.17) is 0 Å². The molecule has 1 aromatic carbocycles. The van der Waals surface area contributed by atoms with Gasteiger partial charge in [0.05, 0.1) is 0 Å². The molecule has 68 valence electrons. The van der Waals surface area contributed by atoms with Crippen molar-refractivity contribution in [3.8, 4) is 0 Å². The van der Waals surface area contributed by atoms with Gasteiger partial charge >= 0.3 is 0 Å². The predicted octanol–water partition coefficient (Wildman–Crippen LogP) is 2.36. The van der Waals surface area contributed by atoms with Crippen LogP contribution in [0, 0.1) is 11.3 Å². The van der Waals surface area contributed by atoms with Crippen molar-refractivity contribution in [2.75, 3.05) is 6.54 Å². The molecule has 3 unspecified atom stereocenters. The van der Waals surface area contributed by atoms with E-state index < -0.39 is 0 Å². The first-order chi connectivity index (χ1) is 6.31. The third-order valence-corrected chi connectivity index (χ3v) is 3.82. The molecule has 1 saturated carbocycles. The minimum atomic E-state index is 0.571. The van der Waals surface area contributed by atoms with Crippen LogP contribution >= 0.6 is 0 Å². The van der Waals surface area contributed by atoms with E-state index in [1.807, 2.05) is 0 Å². The van der Waals surface area contributed by atoms with Gasteiger partial charge in [0.1, 0.15) is 0 Å². The van der Waals surface area contributed by atoms with Gasteiger partial charge in [-0.1, -0.05) is 37.3 Å². The molecule has 1 saturated heterocycles. The van der Waals surface area contributed by atoms with Gasteiger partial charge in [-0.3, -0.25) is 0 Å². The summed E-state index contributed by atoms with van der Waals surface area (Å²) in [6, 6.07) is 11.4. The molecule has 0 amide bonds. The van der Waals surface area contributed by atoms with Gasteiger partial charge in [-0.25, -0.2) is 0 Å². The van der Waals surface area contributed by atoms with Gasteiger partial charge in [0.2, 0.25) is 0 Å². The highest BCUT2D eigenvalue weighted by molar-refractivity contribution is 5.27. The lowest BCUT2D eigenvalue weighted by Crippen LogP contribution is -2.21. The molecule has 1 heterocycles. The monoisotopic (exact) mass is 173 g/mol. The maximum atomic E-state index is 3.61. The van der Waals surface area contributed by atoms with Crippen LogP contribution in [-0.4, -0.2) is 6.54 Å². The summed E-state index contributed by atoms with van der Waals surface area (Å²) in [6.45, 7) is 3.63. The molecule has 1 aromatic rings. The lowest BCUT2D eigenvalue weighted by Gasteiger charge is -2.19. The number of hydrogen-bond acceptors (Lipinski definition) is 1. The molecule has 1 N–H and O–H groups in total. The molecule has 1 heteroatoms. The summed E-state index contributed by atoms with van der Waals surface area (Å²) >= 11 is 0. The molecular formula is C12H15N. The van der Waals surface area contributed by atoms with Crippen LogP contribution in [0.2, 0.25) is 0 Å². The van der Waals surface area contributed by atoms with Crippen molar-refractivity contribution in [3.63, 3.8) is 0 Å². The third kappa shape index (κ3) is 0.969. The van der Waals surface area contributed by atoms with Gasteiger partial charge in [0.15, 0.2) is 0 Å². The maximum absolute atomic E-state index is 3.61. The highest BCUT2D eigenvalue weighted by Gasteiger charge is 2.59. The second-order valence-electron chi connectivity index (χ2n) is 4.66. The van der Waals surface area contributed by atoms with Crippen LogP contribution in [0.15, 0.2) is 30.3 Å². The predicted molar refractivity (Wildman–Crippen MR) is 53.4 cm³/mol. The van der Waals surface area contributed by atoms with Crippen molar-refractivity contribution in [1.82, 2.24) is 5.32 Å². The molecular weight excluding hydrogens is 158 g/mol.